The minimum absolute atomic E-state index is 0.290. The van der Waals surface area contributed by atoms with E-state index in [1.165, 1.54) is 18.8 Å². The number of hydrogen-bond donors (Lipinski definition) is 1. The minimum Gasteiger partial charge on any atom is -0.349 e. The number of anilines is 1. The van der Waals surface area contributed by atoms with Crippen LogP contribution in [0.5, 0.6) is 0 Å². The Morgan fingerprint density at radius 1 is 1.28 bits per heavy atom. The zero-order valence-electron chi connectivity index (χ0n) is 11.2. The summed E-state index contributed by atoms with van der Waals surface area (Å²) in [7, 11) is 2.99. The van der Waals surface area contributed by atoms with Gasteiger partial charge in [-0.2, -0.15) is 0 Å². The van der Waals surface area contributed by atoms with Crippen LogP contribution in [0.15, 0.2) is 9.59 Å². The number of aryl methyl sites for hydroxylation is 1. The predicted octanol–water partition coefficient (Wildman–Crippen LogP) is -0.956. The molecule has 0 fully saturated rings. The molecule has 0 aliphatic heterocycles. The first-order valence-corrected chi connectivity index (χ1v) is 6.12. The lowest BCUT2D eigenvalue weighted by Gasteiger charge is -2.22. The van der Waals surface area contributed by atoms with Crippen LogP contribution >= 0.6 is 0 Å². The van der Waals surface area contributed by atoms with Crippen LogP contribution in [-0.4, -0.2) is 34.0 Å². The van der Waals surface area contributed by atoms with Crippen molar-refractivity contribution in [1.82, 2.24) is 14.3 Å². The molecule has 1 heterocycles. The fraction of sp³-hybridized carbons (Fsp3) is 0.727. The molecule has 0 aliphatic carbocycles. The Morgan fingerprint density at radius 2 is 1.94 bits per heavy atom. The minimum atomic E-state index is -0.424. The quantitative estimate of drug-likeness (QED) is 0.708. The molecular formula is C11H21N5O2. The summed E-state index contributed by atoms with van der Waals surface area (Å²) in [5.74, 6) is 0.290. The maximum Gasteiger partial charge on any atom is 0.346 e. The highest BCUT2D eigenvalue weighted by molar-refractivity contribution is 5.34. The Bertz CT molecular complexity index is 505. The average molecular weight is 255 g/mol. The normalized spacial score (nSPS) is 10.7. The molecule has 0 aliphatic rings. The van der Waals surface area contributed by atoms with Crippen molar-refractivity contribution in [3.05, 3.63) is 20.8 Å². The molecule has 0 aromatic carbocycles. The van der Waals surface area contributed by atoms with Crippen molar-refractivity contribution in [1.29, 1.82) is 0 Å². The van der Waals surface area contributed by atoms with Crippen molar-refractivity contribution < 1.29 is 0 Å². The van der Waals surface area contributed by atoms with Gasteiger partial charge in [0.25, 0.3) is 5.56 Å². The summed E-state index contributed by atoms with van der Waals surface area (Å²) in [5.41, 5.74) is 4.75. The summed E-state index contributed by atoms with van der Waals surface area (Å²) in [6.07, 6.45) is 1.97. The van der Waals surface area contributed by atoms with Gasteiger partial charge in [-0.25, -0.2) is 9.48 Å². The van der Waals surface area contributed by atoms with Crippen molar-refractivity contribution in [2.24, 2.45) is 19.8 Å². The molecular weight excluding hydrogens is 234 g/mol. The third-order valence-corrected chi connectivity index (χ3v) is 2.78. The third kappa shape index (κ3) is 2.98. The smallest absolute Gasteiger partial charge is 0.346 e. The summed E-state index contributed by atoms with van der Waals surface area (Å²) >= 11 is 0. The van der Waals surface area contributed by atoms with E-state index >= 15 is 0 Å². The van der Waals surface area contributed by atoms with Crippen LogP contribution in [0.25, 0.3) is 0 Å². The van der Waals surface area contributed by atoms with Gasteiger partial charge in [-0.1, -0.05) is 13.3 Å². The zero-order chi connectivity index (χ0) is 13.7. The van der Waals surface area contributed by atoms with Gasteiger partial charge < -0.3 is 10.6 Å². The Kier molecular flexibility index (Phi) is 5.08. The number of aromatic nitrogens is 3. The number of nitrogens with zero attached hydrogens (tertiary/aromatic N) is 4. The molecule has 7 nitrogen and oxygen atoms in total. The fourth-order valence-electron chi connectivity index (χ4n) is 1.71. The van der Waals surface area contributed by atoms with Gasteiger partial charge in [0.05, 0.1) is 0 Å². The van der Waals surface area contributed by atoms with Gasteiger partial charge in [-0.3, -0.25) is 9.36 Å². The molecule has 1 rings (SSSR count). The van der Waals surface area contributed by atoms with Crippen LogP contribution in [0, 0.1) is 0 Å². The van der Waals surface area contributed by atoms with E-state index < -0.39 is 5.69 Å². The van der Waals surface area contributed by atoms with Crippen LogP contribution in [0.2, 0.25) is 0 Å². The van der Waals surface area contributed by atoms with Crippen LogP contribution in [0.3, 0.4) is 0 Å². The summed E-state index contributed by atoms with van der Waals surface area (Å²) in [4.78, 5) is 25.4. The van der Waals surface area contributed by atoms with E-state index in [4.69, 9.17) is 5.73 Å². The number of hydrogen-bond acceptors (Lipinski definition) is 5. The van der Waals surface area contributed by atoms with Gasteiger partial charge >= 0.3 is 5.69 Å². The lowest BCUT2D eigenvalue weighted by molar-refractivity contribution is 0.583. The van der Waals surface area contributed by atoms with E-state index in [-0.39, 0.29) is 5.56 Å². The molecule has 102 valence electrons. The first kappa shape index (κ1) is 14.4. The standard InChI is InChI=1S/C11H21N5O2/c1-4-5-7-16(8-6-12)9-10(17)14(2)11(18)15(3)13-9/h4-8,12H2,1-3H3. The molecule has 0 bridgehead atoms. The zero-order valence-corrected chi connectivity index (χ0v) is 11.2. The van der Waals surface area contributed by atoms with Gasteiger partial charge in [0, 0.05) is 33.7 Å². The molecule has 7 heteroatoms. The van der Waals surface area contributed by atoms with Crippen LogP contribution in [-0.2, 0) is 14.1 Å². The molecule has 0 atom stereocenters. The maximum atomic E-state index is 12.0. The van der Waals surface area contributed by atoms with E-state index in [9.17, 15) is 9.59 Å². The number of unbranched alkanes of at least 4 members (excludes halogenated alkanes) is 1. The Hall–Kier alpha value is -1.63. The van der Waals surface area contributed by atoms with E-state index in [1.807, 2.05) is 4.90 Å². The van der Waals surface area contributed by atoms with Crippen molar-refractivity contribution in [2.75, 3.05) is 24.5 Å². The second-order valence-electron chi connectivity index (χ2n) is 4.22. The summed E-state index contributed by atoms with van der Waals surface area (Å²) in [6.45, 7) is 3.79. The van der Waals surface area contributed by atoms with E-state index in [1.54, 1.807) is 0 Å². The van der Waals surface area contributed by atoms with Gasteiger partial charge in [0.2, 0.25) is 5.82 Å². The molecule has 1 aromatic heterocycles. The highest BCUT2D eigenvalue weighted by atomic mass is 16.2. The Balaban J connectivity index is 3.19. The van der Waals surface area contributed by atoms with Gasteiger partial charge in [0.15, 0.2) is 0 Å². The molecule has 0 radical (unpaired) electrons. The first-order valence-electron chi connectivity index (χ1n) is 6.12. The molecule has 0 unspecified atom stereocenters. The number of rotatable bonds is 6. The Morgan fingerprint density at radius 3 is 2.50 bits per heavy atom. The highest BCUT2D eigenvalue weighted by Crippen LogP contribution is 2.03. The largest absolute Gasteiger partial charge is 0.349 e. The third-order valence-electron chi connectivity index (χ3n) is 2.78. The SMILES string of the molecule is CCCCN(CCN)c1nn(C)c(=O)n(C)c1=O. The molecule has 1 aromatic rings. The van der Waals surface area contributed by atoms with E-state index in [2.05, 4.69) is 12.0 Å². The van der Waals surface area contributed by atoms with E-state index in [0.717, 1.165) is 17.4 Å². The van der Waals surface area contributed by atoms with Gasteiger partial charge in [-0.15, -0.1) is 5.10 Å². The van der Waals surface area contributed by atoms with E-state index in [0.29, 0.717) is 25.5 Å². The second kappa shape index (κ2) is 6.34. The maximum absolute atomic E-state index is 12.0. The van der Waals surface area contributed by atoms with Crippen molar-refractivity contribution in [2.45, 2.75) is 19.8 Å². The average Bonchev–Trinajstić information content (AvgIpc) is 2.36. The molecule has 0 saturated carbocycles. The predicted molar refractivity (Wildman–Crippen MR) is 70.9 cm³/mol. The van der Waals surface area contributed by atoms with Gasteiger partial charge in [-0.05, 0) is 6.42 Å². The lowest BCUT2D eigenvalue weighted by Crippen LogP contribution is -2.44. The second-order valence-corrected chi connectivity index (χ2v) is 4.22. The lowest BCUT2D eigenvalue weighted by atomic mass is 10.3. The van der Waals surface area contributed by atoms with Crippen molar-refractivity contribution in [3.8, 4) is 0 Å². The fourth-order valence-corrected chi connectivity index (χ4v) is 1.71. The monoisotopic (exact) mass is 255 g/mol. The summed E-state index contributed by atoms with van der Waals surface area (Å²) < 4.78 is 2.24. The topological polar surface area (TPSA) is 86.2 Å². The summed E-state index contributed by atoms with van der Waals surface area (Å²) in [6, 6.07) is 0. The first-order chi connectivity index (χ1) is 8.52. The highest BCUT2D eigenvalue weighted by Gasteiger charge is 2.15. The van der Waals surface area contributed by atoms with Crippen LogP contribution in [0.4, 0.5) is 5.82 Å². The molecule has 0 spiro atoms. The molecule has 0 amide bonds. The van der Waals surface area contributed by atoms with Crippen molar-refractivity contribution >= 4 is 5.82 Å². The van der Waals surface area contributed by atoms with Crippen LogP contribution in [0.1, 0.15) is 19.8 Å². The van der Waals surface area contributed by atoms with Crippen molar-refractivity contribution in [3.63, 3.8) is 0 Å². The summed E-state index contributed by atoms with van der Waals surface area (Å²) in [5, 5.41) is 4.05. The Labute approximate surface area is 106 Å². The number of nitrogens with two attached hydrogens (primary N) is 1. The molecule has 18 heavy (non-hydrogen) atoms. The molecule has 0 saturated heterocycles. The van der Waals surface area contributed by atoms with Crippen LogP contribution < -0.4 is 21.9 Å². The molecule has 2 N–H and O–H groups in total. The van der Waals surface area contributed by atoms with Gasteiger partial charge in [0.1, 0.15) is 0 Å².